The normalized spacial score (nSPS) is 11.2. The molecule has 0 spiro atoms. The second-order valence-corrected chi connectivity index (χ2v) is 6.31. The van der Waals surface area contributed by atoms with Crippen LogP contribution in [0.15, 0.2) is 28.8 Å². The Labute approximate surface area is 142 Å². The lowest BCUT2D eigenvalue weighted by atomic mass is 10.2. The van der Waals surface area contributed by atoms with Crippen LogP contribution >= 0.6 is 22.9 Å². The molecule has 3 heterocycles. The van der Waals surface area contributed by atoms with Gasteiger partial charge in [0, 0.05) is 17.7 Å². The van der Waals surface area contributed by atoms with E-state index in [9.17, 15) is 10.1 Å². The molecule has 0 aliphatic heterocycles. The fourth-order valence-electron chi connectivity index (χ4n) is 2.17. The molecule has 0 radical (unpaired) electrons. The van der Waals surface area contributed by atoms with Crippen molar-refractivity contribution in [1.82, 2.24) is 24.7 Å². The van der Waals surface area contributed by atoms with E-state index >= 15 is 0 Å². The van der Waals surface area contributed by atoms with Crippen LogP contribution in [0.1, 0.15) is 5.01 Å². The molecule has 11 heteroatoms. The molecule has 0 fully saturated rings. The van der Waals surface area contributed by atoms with Crippen LogP contribution in [0.2, 0.25) is 5.15 Å². The molecule has 0 bridgehead atoms. The monoisotopic (exact) mass is 362 g/mol. The van der Waals surface area contributed by atoms with Gasteiger partial charge >= 0.3 is 0 Å². The van der Waals surface area contributed by atoms with Crippen LogP contribution in [0.5, 0.6) is 0 Å². The molecule has 4 rings (SSSR count). The molecule has 24 heavy (non-hydrogen) atoms. The highest BCUT2D eigenvalue weighted by Gasteiger charge is 2.21. The van der Waals surface area contributed by atoms with Crippen molar-refractivity contribution in [1.29, 1.82) is 0 Å². The standard InChI is InChI=1S/C13H7ClN6O3S/c1-6-17-19-9(10(14)15-13(19)24-6)11-16-12(23-18-11)7-2-4-8(5-3-7)20(21)22/h2-5H,1H3. The van der Waals surface area contributed by atoms with Gasteiger partial charge in [0.2, 0.25) is 10.8 Å². The van der Waals surface area contributed by atoms with Crippen LogP contribution in [-0.2, 0) is 0 Å². The molecule has 0 unspecified atom stereocenters. The summed E-state index contributed by atoms with van der Waals surface area (Å²) in [4.78, 5) is 19.4. The van der Waals surface area contributed by atoms with Gasteiger partial charge in [-0.1, -0.05) is 28.1 Å². The van der Waals surface area contributed by atoms with Crippen molar-refractivity contribution in [3.63, 3.8) is 0 Å². The SMILES string of the molecule is Cc1nn2c(-c3noc(-c4ccc([N+](=O)[O-])cc4)n3)c(Cl)nc2s1. The van der Waals surface area contributed by atoms with Gasteiger partial charge in [-0.05, 0) is 19.1 Å². The summed E-state index contributed by atoms with van der Waals surface area (Å²) in [5, 5.41) is 20.0. The average molecular weight is 363 g/mol. The highest BCUT2D eigenvalue weighted by Crippen LogP contribution is 2.30. The summed E-state index contributed by atoms with van der Waals surface area (Å²) >= 11 is 7.54. The first kappa shape index (κ1) is 14.7. The summed E-state index contributed by atoms with van der Waals surface area (Å²) in [7, 11) is 0. The zero-order valence-corrected chi connectivity index (χ0v) is 13.6. The molecule has 0 atom stereocenters. The lowest BCUT2D eigenvalue weighted by molar-refractivity contribution is -0.384. The van der Waals surface area contributed by atoms with E-state index in [0.717, 1.165) is 5.01 Å². The highest BCUT2D eigenvalue weighted by atomic mass is 35.5. The zero-order valence-electron chi connectivity index (χ0n) is 12.0. The summed E-state index contributed by atoms with van der Waals surface area (Å²) in [6.07, 6.45) is 0. The average Bonchev–Trinajstić information content (AvgIpc) is 3.21. The third-order valence-corrected chi connectivity index (χ3v) is 4.31. The molecular weight excluding hydrogens is 356 g/mol. The first-order chi connectivity index (χ1) is 11.5. The number of nitrogens with zero attached hydrogens (tertiary/aromatic N) is 6. The predicted molar refractivity (Wildman–Crippen MR) is 86.0 cm³/mol. The largest absolute Gasteiger partial charge is 0.334 e. The topological polar surface area (TPSA) is 112 Å². The van der Waals surface area contributed by atoms with E-state index in [1.165, 1.54) is 35.6 Å². The number of hydrogen-bond donors (Lipinski definition) is 0. The molecule has 1 aromatic carbocycles. The number of nitro groups is 1. The quantitative estimate of drug-likeness (QED) is 0.405. The van der Waals surface area contributed by atoms with Crippen LogP contribution in [-0.4, -0.2) is 29.7 Å². The molecule has 0 saturated heterocycles. The van der Waals surface area contributed by atoms with Gasteiger partial charge in [0.05, 0.1) is 4.92 Å². The number of fused-ring (bicyclic) bond motifs is 1. The molecular formula is C13H7ClN6O3S. The van der Waals surface area contributed by atoms with Gasteiger partial charge in [-0.25, -0.2) is 4.98 Å². The molecule has 120 valence electrons. The Morgan fingerprint density at radius 1 is 1.29 bits per heavy atom. The molecule has 3 aromatic heterocycles. The van der Waals surface area contributed by atoms with E-state index in [1.807, 2.05) is 6.92 Å². The van der Waals surface area contributed by atoms with Crippen LogP contribution in [0.25, 0.3) is 27.9 Å². The van der Waals surface area contributed by atoms with E-state index in [2.05, 4.69) is 20.2 Å². The minimum atomic E-state index is -0.476. The fraction of sp³-hybridized carbons (Fsp3) is 0.0769. The van der Waals surface area contributed by atoms with Gasteiger partial charge < -0.3 is 4.52 Å². The van der Waals surface area contributed by atoms with E-state index in [1.54, 1.807) is 4.52 Å². The zero-order chi connectivity index (χ0) is 16.8. The Bertz CT molecular complexity index is 1070. The third kappa shape index (κ3) is 2.32. The van der Waals surface area contributed by atoms with E-state index in [4.69, 9.17) is 16.1 Å². The lowest BCUT2D eigenvalue weighted by Gasteiger charge is -1.94. The van der Waals surface area contributed by atoms with Gasteiger partial charge in [-0.2, -0.15) is 14.6 Å². The summed E-state index contributed by atoms with van der Waals surface area (Å²) in [5.41, 5.74) is 0.982. The van der Waals surface area contributed by atoms with Gasteiger partial charge in [-0.3, -0.25) is 10.1 Å². The molecule has 0 aliphatic carbocycles. The minimum absolute atomic E-state index is 0.0167. The Morgan fingerprint density at radius 2 is 2.04 bits per heavy atom. The first-order valence-electron chi connectivity index (χ1n) is 6.63. The summed E-state index contributed by atoms with van der Waals surface area (Å²) in [5.74, 6) is 0.462. The van der Waals surface area contributed by atoms with Crippen molar-refractivity contribution >= 4 is 33.6 Å². The van der Waals surface area contributed by atoms with Gasteiger partial charge in [0.1, 0.15) is 5.01 Å². The molecule has 0 saturated carbocycles. The number of hydrogen-bond acceptors (Lipinski definition) is 8. The number of aryl methyl sites for hydroxylation is 1. The summed E-state index contributed by atoms with van der Waals surface area (Å²) < 4.78 is 6.79. The van der Waals surface area contributed by atoms with Gasteiger partial charge in [-0.15, -0.1) is 0 Å². The number of non-ortho nitro benzene ring substituents is 1. The smallest absolute Gasteiger partial charge is 0.269 e. The maximum Gasteiger partial charge on any atom is 0.269 e. The minimum Gasteiger partial charge on any atom is -0.334 e. The van der Waals surface area contributed by atoms with E-state index < -0.39 is 4.92 Å². The van der Waals surface area contributed by atoms with Crippen LogP contribution in [0.4, 0.5) is 5.69 Å². The summed E-state index contributed by atoms with van der Waals surface area (Å²) in [6, 6.07) is 5.81. The summed E-state index contributed by atoms with van der Waals surface area (Å²) in [6.45, 7) is 1.86. The number of halogens is 1. The van der Waals surface area contributed by atoms with Crippen molar-refractivity contribution in [2.45, 2.75) is 6.92 Å². The Hall–Kier alpha value is -2.85. The Kier molecular flexibility index (Phi) is 3.28. The third-order valence-electron chi connectivity index (χ3n) is 3.22. The Balaban J connectivity index is 1.76. The lowest BCUT2D eigenvalue weighted by Crippen LogP contribution is -1.91. The number of rotatable bonds is 3. The van der Waals surface area contributed by atoms with Crippen molar-refractivity contribution in [3.8, 4) is 23.0 Å². The molecule has 9 nitrogen and oxygen atoms in total. The maximum absolute atomic E-state index is 10.7. The van der Waals surface area contributed by atoms with Crippen molar-refractivity contribution in [2.24, 2.45) is 0 Å². The van der Waals surface area contributed by atoms with Crippen LogP contribution in [0, 0.1) is 17.0 Å². The van der Waals surface area contributed by atoms with Crippen molar-refractivity contribution in [2.75, 3.05) is 0 Å². The molecule has 4 aromatic rings. The fourth-order valence-corrected chi connectivity index (χ4v) is 3.21. The second kappa shape index (κ2) is 5.35. The Morgan fingerprint density at radius 3 is 2.75 bits per heavy atom. The molecule has 0 amide bonds. The maximum atomic E-state index is 10.7. The van der Waals surface area contributed by atoms with E-state index in [-0.39, 0.29) is 22.6 Å². The van der Waals surface area contributed by atoms with Crippen molar-refractivity contribution < 1.29 is 9.45 Å². The number of imidazole rings is 1. The number of nitro benzene ring substituents is 1. The van der Waals surface area contributed by atoms with Crippen LogP contribution < -0.4 is 0 Å². The van der Waals surface area contributed by atoms with Crippen LogP contribution in [0.3, 0.4) is 0 Å². The van der Waals surface area contributed by atoms with Crippen molar-refractivity contribution in [3.05, 3.63) is 44.5 Å². The first-order valence-corrected chi connectivity index (χ1v) is 7.83. The second-order valence-electron chi connectivity index (χ2n) is 4.79. The number of aromatic nitrogens is 5. The van der Waals surface area contributed by atoms with Gasteiger partial charge in [0.15, 0.2) is 10.8 Å². The number of benzene rings is 1. The predicted octanol–water partition coefficient (Wildman–Crippen LogP) is 3.38. The van der Waals surface area contributed by atoms with E-state index in [0.29, 0.717) is 16.2 Å². The molecule has 0 aliphatic rings. The molecule has 0 N–H and O–H groups in total. The van der Waals surface area contributed by atoms with Gasteiger partial charge in [0.25, 0.3) is 11.6 Å². The highest BCUT2D eigenvalue weighted by molar-refractivity contribution is 7.16.